The molecule has 0 aliphatic heterocycles. The molecule has 21 heavy (non-hydrogen) atoms. The molecule has 2 rings (SSSR count). The Kier molecular flexibility index (Phi) is 3.76. The molecule has 2 aromatic rings. The van der Waals surface area contributed by atoms with Crippen LogP contribution >= 0.6 is 0 Å². The fourth-order valence-electron chi connectivity index (χ4n) is 1.63. The second-order valence-corrected chi connectivity index (χ2v) is 4.03. The van der Waals surface area contributed by atoms with Gasteiger partial charge in [-0.05, 0) is 18.6 Å². The van der Waals surface area contributed by atoms with Crippen molar-refractivity contribution in [2.75, 3.05) is 5.32 Å². The quantitative estimate of drug-likeness (QED) is 0.522. The molecule has 0 aliphatic carbocycles. The molecule has 1 N–H and O–H groups in total. The van der Waals surface area contributed by atoms with Crippen molar-refractivity contribution < 1.29 is 22.0 Å². The first-order valence-corrected chi connectivity index (χ1v) is 5.52. The van der Waals surface area contributed by atoms with Crippen molar-refractivity contribution in [2.45, 2.75) is 6.92 Å². The summed E-state index contributed by atoms with van der Waals surface area (Å²) in [7, 11) is 0. The molecule has 0 amide bonds. The topological polar surface area (TPSA) is 48.7 Å². The Morgan fingerprint density at radius 2 is 1.52 bits per heavy atom. The number of rotatable bonds is 2. The summed E-state index contributed by atoms with van der Waals surface area (Å²) in [5.41, 5.74) is -0.902. The van der Waals surface area contributed by atoms with Crippen molar-refractivity contribution in [2.24, 2.45) is 0 Å². The molecule has 3 nitrogen and oxygen atoms in total. The average molecular weight is 299 g/mol. The van der Waals surface area contributed by atoms with E-state index in [1.807, 2.05) is 5.32 Å². The Labute approximate surface area is 115 Å². The number of hydrogen-bond donors (Lipinski definition) is 1. The highest BCUT2D eigenvalue weighted by Crippen LogP contribution is 2.30. The Hall–Kier alpha value is -2.69. The van der Waals surface area contributed by atoms with Crippen LogP contribution in [-0.4, -0.2) is 4.98 Å². The van der Waals surface area contributed by atoms with Crippen LogP contribution in [-0.2, 0) is 0 Å². The van der Waals surface area contributed by atoms with E-state index in [0.717, 1.165) is 0 Å². The average Bonchev–Trinajstić information content (AvgIpc) is 2.47. The van der Waals surface area contributed by atoms with Gasteiger partial charge in [0.1, 0.15) is 17.6 Å². The predicted octanol–water partition coefficient (Wildman–Crippen LogP) is 3.70. The number of hydrogen-bond acceptors (Lipinski definition) is 3. The molecule has 8 heteroatoms. The Morgan fingerprint density at radius 1 is 1.00 bits per heavy atom. The van der Waals surface area contributed by atoms with Crippen LogP contribution in [0.4, 0.5) is 33.5 Å². The van der Waals surface area contributed by atoms with Crippen LogP contribution in [0.25, 0.3) is 0 Å². The second-order valence-electron chi connectivity index (χ2n) is 4.03. The zero-order valence-electron chi connectivity index (χ0n) is 10.4. The normalized spacial score (nSPS) is 10.3. The third-order valence-electron chi connectivity index (χ3n) is 2.72. The minimum absolute atomic E-state index is 0.0681. The van der Waals surface area contributed by atoms with E-state index in [4.69, 9.17) is 5.26 Å². The first-order valence-electron chi connectivity index (χ1n) is 5.52. The number of anilines is 2. The highest BCUT2D eigenvalue weighted by molar-refractivity contribution is 5.65. The van der Waals surface area contributed by atoms with E-state index in [2.05, 4.69) is 4.98 Å². The number of benzene rings is 1. The van der Waals surface area contributed by atoms with Gasteiger partial charge in [0.05, 0.1) is 5.56 Å². The minimum Gasteiger partial charge on any atom is -0.334 e. The van der Waals surface area contributed by atoms with Gasteiger partial charge in [-0.2, -0.15) is 5.26 Å². The van der Waals surface area contributed by atoms with E-state index in [1.165, 1.54) is 19.2 Å². The van der Waals surface area contributed by atoms with Crippen LogP contribution in [0.1, 0.15) is 11.1 Å². The fourth-order valence-corrected chi connectivity index (χ4v) is 1.63. The molecule has 1 aromatic heterocycles. The number of pyridine rings is 1. The van der Waals surface area contributed by atoms with Crippen molar-refractivity contribution in [3.8, 4) is 6.07 Å². The van der Waals surface area contributed by atoms with Gasteiger partial charge in [-0.1, -0.05) is 0 Å². The van der Waals surface area contributed by atoms with Crippen LogP contribution in [0.5, 0.6) is 0 Å². The van der Waals surface area contributed by atoms with Crippen molar-refractivity contribution >= 4 is 11.5 Å². The molecule has 0 saturated heterocycles. The van der Waals surface area contributed by atoms with Gasteiger partial charge < -0.3 is 5.32 Å². The Morgan fingerprint density at radius 3 is 2.05 bits per heavy atom. The highest BCUT2D eigenvalue weighted by Gasteiger charge is 2.26. The van der Waals surface area contributed by atoms with Crippen LogP contribution in [0.15, 0.2) is 12.3 Å². The van der Waals surface area contributed by atoms with Crippen molar-refractivity contribution in [1.29, 1.82) is 5.26 Å². The van der Waals surface area contributed by atoms with E-state index in [-0.39, 0.29) is 11.4 Å². The Balaban J connectivity index is 2.62. The maximum absolute atomic E-state index is 13.5. The first kappa shape index (κ1) is 14.7. The minimum atomic E-state index is -2.26. The van der Waals surface area contributed by atoms with Gasteiger partial charge in [-0.3, -0.25) is 0 Å². The van der Waals surface area contributed by atoms with E-state index in [0.29, 0.717) is 5.56 Å². The monoisotopic (exact) mass is 299 g/mol. The van der Waals surface area contributed by atoms with Crippen molar-refractivity contribution in [3.05, 3.63) is 52.5 Å². The van der Waals surface area contributed by atoms with Gasteiger partial charge in [0.15, 0.2) is 23.3 Å². The molecular weight excluding hydrogens is 293 g/mol. The molecule has 0 spiro atoms. The summed E-state index contributed by atoms with van der Waals surface area (Å²) in [5, 5.41) is 10.9. The largest absolute Gasteiger partial charge is 0.334 e. The molecule has 0 bridgehead atoms. The lowest BCUT2D eigenvalue weighted by Crippen LogP contribution is -2.08. The third-order valence-corrected chi connectivity index (χ3v) is 2.72. The fraction of sp³-hybridized carbons (Fsp3) is 0.0769. The molecular formula is C13H6F5N3. The molecule has 0 saturated carbocycles. The molecule has 1 aromatic carbocycles. The molecule has 0 radical (unpaired) electrons. The smallest absolute Gasteiger partial charge is 0.200 e. The maximum Gasteiger partial charge on any atom is 0.200 e. The summed E-state index contributed by atoms with van der Waals surface area (Å²) in [6, 6.07) is 3.19. The number of nitriles is 1. The van der Waals surface area contributed by atoms with Crippen LogP contribution in [0.3, 0.4) is 0 Å². The molecule has 0 aliphatic rings. The van der Waals surface area contributed by atoms with Gasteiger partial charge in [-0.15, -0.1) is 0 Å². The van der Waals surface area contributed by atoms with Crippen LogP contribution in [0.2, 0.25) is 0 Å². The zero-order valence-corrected chi connectivity index (χ0v) is 10.4. The molecule has 0 unspecified atom stereocenters. The second kappa shape index (κ2) is 5.36. The summed E-state index contributed by atoms with van der Waals surface area (Å²) in [5.74, 6) is -10.8. The van der Waals surface area contributed by atoms with Crippen molar-refractivity contribution in [1.82, 2.24) is 4.98 Å². The Bertz CT molecular complexity index is 738. The number of aryl methyl sites for hydroxylation is 1. The summed E-state index contributed by atoms with van der Waals surface area (Å²) < 4.78 is 66.1. The highest BCUT2D eigenvalue weighted by atomic mass is 19.2. The zero-order chi connectivity index (χ0) is 15.7. The van der Waals surface area contributed by atoms with Crippen LogP contribution < -0.4 is 5.32 Å². The lowest BCUT2D eigenvalue weighted by molar-refractivity contribution is 0.382. The van der Waals surface area contributed by atoms with Gasteiger partial charge in [0.25, 0.3) is 0 Å². The SMILES string of the molecule is Cc1ccnc(Nc2c(F)c(F)c(F)c(F)c2F)c1C#N. The number of nitrogens with zero attached hydrogens (tertiary/aromatic N) is 2. The molecule has 108 valence electrons. The number of aromatic nitrogens is 1. The summed E-state index contributed by atoms with van der Waals surface area (Å²) >= 11 is 0. The van der Waals surface area contributed by atoms with Crippen LogP contribution in [0, 0.1) is 47.3 Å². The van der Waals surface area contributed by atoms with E-state index < -0.39 is 34.8 Å². The van der Waals surface area contributed by atoms with Crippen molar-refractivity contribution in [3.63, 3.8) is 0 Å². The lowest BCUT2D eigenvalue weighted by Gasteiger charge is -2.11. The first-order chi connectivity index (χ1) is 9.88. The summed E-state index contributed by atoms with van der Waals surface area (Å²) in [4.78, 5) is 3.66. The van der Waals surface area contributed by atoms with E-state index >= 15 is 0 Å². The van der Waals surface area contributed by atoms with Gasteiger partial charge in [0.2, 0.25) is 5.82 Å². The molecule has 0 atom stereocenters. The standard InChI is InChI=1S/C13H6F5N3/c1-5-2-3-20-13(6(5)4-19)21-12-10(17)8(15)7(14)9(16)11(12)18/h2-3H,1H3,(H,20,21). The predicted molar refractivity (Wildman–Crippen MR) is 63.2 cm³/mol. The van der Waals surface area contributed by atoms with Gasteiger partial charge >= 0.3 is 0 Å². The molecule has 0 fully saturated rings. The summed E-state index contributed by atoms with van der Waals surface area (Å²) in [6.45, 7) is 1.53. The van der Waals surface area contributed by atoms with E-state index in [1.54, 1.807) is 6.07 Å². The number of halogens is 5. The maximum atomic E-state index is 13.5. The van der Waals surface area contributed by atoms with Gasteiger partial charge in [0, 0.05) is 6.20 Å². The van der Waals surface area contributed by atoms with Gasteiger partial charge in [-0.25, -0.2) is 26.9 Å². The molecule has 1 heterocycles. The lowest BCUT2D eigenvalue weighted by atomic mass is 10.1. The summed E-state index contributed by atoms with van der Waals surface area (Å²) in [6.07, 6.45) is 1.23. The third kappa shape index (κ3) is 2.38. The van der Waals surface area contributed by atoms with E-state index in [9.17, 15) is 22.0 Å². The number of nitrogens with one attached hydrogen (secondary N) is 1.